The van der Waals surface area contributed by atoms with Gasteiger partial charge in [-0.2, -0.15) is 0 Å². The molecule has 0 aliphatic carbocycles. The van der Waals surface area contributed by atoms with Gasteiger partial charge in [0.2, 0.25) is 0 Å². The van der Waals surface area contributed by atoms with Crippen molar-refractivity contribution in [3.8, 4) is 5.75 Å². The first-order valence-electron chi connectivity index (χ1n) is 8.73. The van der Waals surface area contributed by atoms with Crippen molar-refractivity contribution in [3.05, 3.63) is 28.2 Å². The van der Waals surface area contributed by atoms with E-state index >= 15 is 0 Å². The smallest absolute Gasteiger partial charge is 0.193 e. The van der Waals surface area contributed by atoms with E-state index in [0.29, 0.717) is 12.6 Å². The van der Waals surface area contributed by atoms with Gasteiger partial charge in [0.15, 0.2) is 5.96 Å². The standard InChI is InChI=1S/C18H27BrN4O/c1-20-18(21-12-14-11-15(19)5-6-17(14)24-2)23-10-7-16(13-23)22-8-3-4-9-22/h5-6,11,16H,3-4,7-10,12-13H2,1-2H3,(H,20,21). The van der Waals surface area contributed by atoms with Gasteiger partial charge in [-0.3, -0.25) is 9.89 Å². The van der Waals surface area contributed by atoms with Gasteiger partial charge in [0, 0.05) is 42.8 Å². The van der Waals surface area contributed by atoms with Crippen molar-refractivity contribution in [1.29, 1.82) is 0 Å². The molecule has 0 spiro atoms. The molecule has 0 radical (unpaired) electrons. The molecule has 5 nitrogen and oxygen atoms in total. The summed E-state index contributed by atoms with van der Waals surface area (Å²) in [6, 6.07) is 6.77. The van der Waals surface area contributed by atoms with Crippen molar-refractivity contribution in [2.24, 2.45) is 4.99 Å². The zero-order valence-corrected chi connectivity index (χ0v) is 16.2. The van der Waals surface area contributed by atoms with E-state index in [1.165, 1.54) is 32.4 Å². The van der Waals surface area contributed by atoms with Gasteiger partial charge in [0.25, 0.3) is 0 Å². The zero-order chi connectivity index (χ0) is 16.9. The summed E-state index contributed by atoms with van der Waals surface area (Å²) in [7, 11) is 3.58. The predicted molar refractivity (Wildman–Crippen MR) is 102 cm³/mol. The van der Waals surface area contributed by atoms with Crippen LogP contribution in [0.2, 0.25) is 0 Å². The average Bonchev–Trinajstić information content (AvgIpc) is 3.27. The fourth-order valence-corrected chi connectivity index (χ4v) is 4.14. The lowest BCUT2D eigenvalue weighted by molar-refractivity contribution is 0.249. The van der Waals surface area contributed by atoms with E-state index < -0.39 is 0 Å². The summed E-state index contributed by atoms with van der Waals surface area (Å²) in [5.41, 5.74) is 1.13. The van der Waals surface area contributed by atoms with Crippen LogP contribution >= 0.6 is 15.9 Å². The molecule has 2 fully saturated rings. The number of guanidine groups is 1. The van der Waals surface area contributed by atoms with Crippen molar-refractivity contribution in [3.63, 3.8) is 0 Å². The topological polar surface area (TPSA) is 40.1 Å². The Kier molecular flexibility index (Phi) is 6.00. The second kappa shape index (κ2) is 8.21. The highest BCUT2D eigenvalue weighted by molar-refractivity contribution is 9.10. The maximum Gasteiger partial charge on any atom is 0.193 e. The minimum atomic E-state index is 0.687. The van der Waals surface area contributed by atoms with Crippen LogP contribution in [-0.4, -0.2) is 62.1 Å². The quantitative estimate of drug-likeness (QED) is 0.629. The lowest BCUT2D eigenvalue weighted by Crippen LogP contribution is -2.42. The molecule has 1 N–H and O–H groups in total. The van der Waals surface area contributed by atoms with E-state index in [2.05, 4.69) is 42.1 Å². The summed E-state index contributed by atoms with van der Waals surface area (Å²) in [5.74, 6) is 1.89. The molecule has 132 valence electrons. The first-order valence-corrected chi connectivity index (χ1v) is 9.52. The van der Waals surface area contributed by atoms with Gasteiger partial charge in [-0.15, -0.1) is 0 Å². The third-order valence-electron chi connectivity index (χ3n) is 5.01. The molecule has 2 saturated heterocycles. The molecule has 1 atom stereocenters. The molecule has 0 aromatic heterocycles. The normalized spacial score (nSPS) is 22.2. The fraction of sp³-hybridized carbons (Fsp3) is 0.611. The highest BCUT2D eigenvalue weighted by atomic mass is 79.9. The van der Waals surface area contributed by atoms with E-state index in [4.69, 9.17) is 4.74 Å². The number of rotatable bonds is 4. The Hall–Kier alpha value is -1.27. The van der Waals surface area contributed by atoms with E-state index in [1.54, 1.807) is 7.11 Å². The van der Waals surface area contributed by atoms with E-state index in [-0.39, 0.29) is 0 Å². The van der Waals surface area contributed by atoms with Crippen LogP contribution in [0, 0.1) is 0 Å². The molecular formula is C18H27BrN4O. The minimum absolute atomic E-state index is 0.687. The van der Waals surface area contributed by atoms with Crippen LogP contribution in [0.4, 0.5) is 0 Å². The summed E-state index contributed by atoms with van der Waals surface area (Å²) in [4.78, 5) is 9.51. The molecule has 0 saturated carbocycles. The molecule has 1 unspecified atom stereocenters. The minimum Gasteiger partial charge on any atom is -0.496 e. The largest absolute Gasteiger partial charge is 0.496 e. The lowest BCUT2D eigenvalue weighted by Gasteiger charge is -2.25. The van der Waals surface area contributed by atoms with Crippen molar-refractivity contribution in [1.82, 2.24) is 15.1 Å². The molecule has 0 bridgehead atoms. The second-order valence-corrected chi connectivity index (χ2v) is 7.40. The highest BCUT2D eigenvalue weighted by Gasteiger charge is 2.30. The van der Waals surface area contributed by atoms with Crippen molar-refractivity contribution >= 4 is 21.9 Å². The van der Waals surface area contributed by atoms with Crippen molar-refractivity contribution in [2.45, 2.75) is 31.8 Å². The molecule has 3 rings (SSSR count). The number of nitrogens with one attached hydrogen (secondary N) is 1. The number of likely N-dealkylation sites (tertiary alicyclic amines) is 2. The Bertz CT molecular complexity index is 586. The molecule has 0 amide bonds. The summed E-state index contributed by atoms with van der Waals surface area (Å²) < 4.78 is 6.52. The molecule has 1 aromatic carbocycles. The number of aliphatic imine (C=N–C) groups is 1. The molecular weight excluding hydrogens is 368 g/mol. The van der Waals surface area contributed by atoms with Crippen molar-refractivity contribution < 1.29 is 4.74 Å². The average molecular weight is 395 g/mol. The maximum absolute atomic E-state index is 5.46. The predicted octanol–water partition coefficient (Wildman–Crippen LogP) is 2.70. The van der Waals surface area contributed by atoms with Gasteiger partial charge in [-0.05, 0) is 50.6 Å². The van der Waals surface area contributed by atoms with Gasteiger partial charge in [0.05, 0.1) is 7.11 Å². The van der Waals surface area contributed by atoms with E-state index in [1.807, 2.05) is 19.2 Å². The number of halogens is 1. The number of methoxy groups -OCH3 is 1. The Labute approximate surface area is 153 Å². The van der Waals surface area contributed by atoms with Gasteiger partial charge in [-0.1, -0.05) is 15.9 Å². The van der Waals surface area contributed by atoms with E-state index in [9.17, 15) is 0 Å². The van der Waals surface area contributed by atoms with Crippen LogP contribution < -0.4 is 10.1 Å². The molecule has 1 aromatic rings. The SMILES string of the molecule is CN=C(NCc1cc(Br)ccc1OC)N1CCC(N2CCCC2)C1. The zero-order valence-electron chi connectivity index (χ0n) is 14.6. The fourth-order valence-electron chi connectivity index (χ4n) is 3.73. The first kappa shape index (κ1) is 17.5. The number of ether oxygens (including phenoxy) is 1. The van der Waals surface area contributed by atoms with Crippen LogP contribution in [0.1, 0.15) is 24.8 Å². The van der Waals surface area contributed by atoms with Gasteiger partial charge >= 0.3 is 0 Å². The van der Waals surface area contributed by atoms with Gasteiger partial charge in [-0.25, -0.2) is 0 Å². The number of hydrogen-bond donors (Lipinski definition) is 1. The number of hydrogen-bond acceptors (Lipinski definition) is 3. The third-order valence-corrected chi connectivity index (χ3v) is 5.50. The summed E-state index contributed by atoms with van der Waals surface area (Å²) >= 11 is 3.53. The van der Waals surface area contributed by atoms with Crippen LogP contribution in [0.15, 0.2) is 27.7 Å². The van der Waals surface area contributed by atoms with Crippen LogP contribution in [-0.2, 0) is 6.54 Å². The summed E-state index contributed by atoms with van der Waals surface area (Å²) in [5, 5.41) is 3.50. The Morgan fingerprint density at radius 1 is 1.33 bits per heavy atom. The summed E-state index contributed by atoms with van der Waals surface area (Å²) in [6.45, 7) is 5.39. The maximum atomic E-state index is 5.46. The first-order chi connectivity index (χ1) is 11.7. The molecule has 2 heterocycles. The Morgan fingerprint density at radius 2 is 2.12 bits per heavy atom. The Morgan fingerprint density at radius 3 is 2.83 bits per heavy atom. The van der Waals surface area contributed by atoms with Crippen LogP contribution in [0.3, 0.4) is 0 Å². The summed E-state index contributed by atoms with van der Waals surface area (Å²) in [6.07, 6.45) is 3.94. The lowest BCUT2D eigenvalue weighted by atomic mass is 10.2. The number of nitrogens with zero attached hydrogens (tertiary/aromatic N) is 3. The van der Waals surface area contributed by atoms with Gasteiger partial charge in [0.1, 0.15) is 5.75 Å². The monoisotopic (exact) mass is 394 g/mol. The molecule has 24 heavy (non-hydrogen) atoms. The number of benzene rings is 1. The molecule has 2 aliphatic heterocycles. The third kappa shape index (κ3) is 4.03. The molecule has 6 heteroatoms. The van der Waals surface area contributed by atoms with Crippen LogP contribution in [0.25, 0.3) is 0 Å². The highest BCUT2D eigenvalue weighted by Crippen LogP contribution is 2.23. The van der Waals surface area contributed by atoms with E-state index in [0.717, 1.165) is 34.8 Å². The van der Waals surface area contributed by atoms with Gasteiger partial charge < -0.3 is 15.0 Å². The Balaban J connectivity index is 1.59. The second-order valence-electron chi connectivity index (χ2n) is 6.49. The van der Waals surface area contributed by atoms with Crippen LogP contribution in [0.5, 0.6) is 5.75 Å². The van der Waals surface area contributed by atoms with Crippen molar-refractivity contribution in [2.75, 3.05) is 40.3 Å². The molecule has 2 aliphatic rings.